The molecule has 6 heteroatoms. The van der Waals surface area contributed by atoms with Crippen LogP contribution in [0.3, 0.4) is 0 Å². The highest BCUT2D eigenvalue weighted by atomic mass is 32.1. The Kier molecular flexibility index (Phi) is 6.98. The molecular formula is C21H31N5S. The molecule has 2 aromatic rings. The normalized spacial score (nSPS) is 15.7. The number of aliphatic imine (C=N–C) groups is 1. The first-order valence-corrected chi connectivity index (χ1v) is 10.6. The van der Waals surface area contributed by atoms with E-state index < -0.39 is 0 Å². The molecule has 0 atom stereocenters. The number of piperidine rings is 1. The number of nitrogens with zero attached hydrogens (tertiary/aromatic N) is 3. The van der Waals surface area contributed by atoms with E-state index in [0.717, 1.165) is 38.4 Å². The van der Waals surface area contributed by atoms with Gasteiger partial charge >= 0.3 is 0 Å². The number of hydrogen-bond donors (Lipinski definition) is 2. The molecule has 3 rings (SSSR count). The Morgan fingerprint density at radius 2 is 2.04 bits per heavy atom. The number of benzene rings is 1. The number of nitrogens with one attached hydrogen (secondary N) is 2. The molecular weight excluding hydrogens is 354 g/mol. The third-order valence-corrected chi connectivity index (χ3v) is 5.77. The molecule has 0 amide bonds. The summed E-state index contributed by atoms with van der Waals surface area (Å²) in [5, 5.41) is 10.6. The van der Waals surface area contributed by atoms with Gasteiger partial charge in [0.1, 0.15) is 0 Å². The lowest BCUT2D eigenvalue weighted by Gasteiger charge is -2.33. The number of rotatable bonds is 6. The van der Waals surface area contributed by atoms with Gasteiger partial charge in [0.15, 0.2) is 5.96 Å². The lowest BCUT2D eigenvalue weighted by Crippen LogP contribution is -2.48. The largest absolute Gasteiger partial charge is 0.378 e. The average Bonchev–Trinajstić information content (AvgIpc) is 3.22. The molecule has 1 aromatic carbocycles. The van der Waals surface area contributed by atoms with Crippen molar-refractivity contribution in [1.82, 2.24) is 10.6 Å². The lowest BCUT2D eigenvalue weighted by atomic mass is 10.1. The summed E-state index contributed by atoms with van der Waals surface area (Å²) in [6.45, 7) is 5.87. The molecule has 0 radical (unpaired) electrons. The predicted octanol–water partition coefficient (Wildman–Crippen LogP) is 3.54. The Labute approximate surface area is 167 Å². The van der Waals surface area contributed by atoms with Crippen molar-refractivity contribution in [3.8, 4) is 0 Å². The van der Waals surface area contributed by atoms with Crippen LogP contribution in [-0.4, -0.2) is 45.7 Å². The summed E-state index contributed by atoms with van der Waals surface area (Å²) in [5.41, 5.74) is 2.44. The number of anilines is 2. The monoisotopic (exact) mass is 385 g/mol. The second-order valence-corrected chi connectivity index (χ2v) is 8.04. The Bertz CT molecular complexity index is 718. The molecule has 1 saturated heterocycles. The summed E-state index contributed by atoms with van der Waals surface area (Å²) < 4.78 is 0. The van der Waals surface area contributed by atoms with Gasteiger partial charge in [0, 0.05) is 45.5 Å². The molecule has 1 aromatic heterocycles. The summed E-state index contributed by atoms with van der Waals surface area (Å²) >= 11 is 1.83. The van der Waals surface area contributed by atoms with E-state index in [9.17, 15) is 0 Å². The SMILES string of the molecule is CCNC(=NCc1cccc(N(C)C)c1)NC1CCN(c2cccs2)CC1. The van der Waals surface area contributed by atoms with Crippen molar-refractivity contribution in [2.24, 2.45) is 4.99 Å². The maximum Gasteiger partial charge on any atom is 0.191 e. The van der Waals surface area contributed by atoms with Gasteiger partial charge in [-0.2, -0.15) is 0 Å². The van der Waals surface area contributed by atoms with Crippen LogP contribution >= 0.6 is 11.3 Å². The molecule has 146 valence electrons. The molecule has 1 aliphatic heterocycles. The van der Waals surface area contributed by atoms with Crippen molar-refractivity contribution in [3.63, 3.8) is 0 Å². The van der Waals surface area contributed by atoms with Crippen LogP contribution in [0.5, 0.6) is 0 Å². The van der Waals surface area contributed by atoms with Gasteiger partial charge in [0.2, 0.25) is 0 Å². The third-order valence-electron chi connectivity index (χ3n) is 4.84. The van der Waals surface area contributed by atoms with Crippen LogP contribution in [0.25, 0.3) is 0 Å². The first-order valence-electron chi connectivity index (χ1n) is 9.75. The van der Waals surface area contributed by atoms with Gasteiger partial charge in [-0.1, -0.05) is 12.1 Å². The van der Waals surface area contributed by atoms with E-state index in [2.05, 4.69) is 83.2 Å². The molecule has 2 heterocycles. The molecule has 0 aliphatic carbocycles. The summed E-state index contributed by atoms with van der Waals surface area (Å²) in [7, 11) is 4.13. The zero-order valence-corrected chi connectivity index (χ0v) is 17.4. The molecule has 5 nitrogen and oxygen atoms in total. The first kappa shape index (κ1) is 19.5. The van der Waals surface area contributed by atoms with Gasteiger partial charge in [-0.25, -0.2) is 4.99 Å². The maximum atomic E-state index is 4.81. The summed E-state index contributed by atoms with van der Waals surface area (Å²) in [6, 6.07) is 13.4. The minimum atomic E-state index is 0.479. The maximum absolute atomic E-state index is 4.81. The molecule has 1 fully saturated rings. The number of guanidine groups is 1. The topological polar surface area (TPSA) is 42.9 Å². The minimum absolute atomic E-state index is 0.479. The lowest BCUT2D eigenvalue weighted by molar-refractivity contribution is 0.463. The van der Waals surface area contributed by atoms with Crippen LogP contribution < -0.4 is 20.4 Å². The Balaban J connectivity index is 1.56. The summed E-state index contributed by atoms with van der Waals surface area (Å²) in [6.07, 6.45) is 2.27. The zero-order valence-electron chi connectivity index (χ0n) is 16.6. The second-order valence-electron chi connectivity index (χ2n) is 7.12. The smallest absolute Gasteiger partial charge is 0.191 e. The van der Waals surface area contributed by atoms with Crippen LogP contribution in [0.4, 0.5) is 10.7 Å². The highest BCUT2D eigenvalue weighted by molar-refractivity contribution is 7.14. The van der Waals surface area contributed by atoms with Gasteiger partial charge in [-0.15, -0.1) is 11.3 Å². The van der Waals surface area contributed by atoms with Crippen LogP contribution in [0.15, 0.2) is 46.8 Å². The van der Waals surface area contributed by atoms with Crippen LogP contribution in [-0.2, 0) is 6.54 Å². The predicted molar refractivity (Wildman–Crippen MR) is 118 cm³/mol. The fourth-order valence-electron chi connectivity index (χ4n) is 3.31. The molecule has 0 bridgehead atoms. The highest BCUT2D eigenvalue weighted by Gasteiger charge is 2.20. The Hall–Kier alpha value is -2.21. The van der Waals surface area contributed by atoms with E-state index in [4.69, 9.17) is 4.99 Å². The summed E-state index contributed by atoms with van der Waals surface area (Å²) in [4.78, 5) is 9.42. The van der Waals surface area contributed by atoms with Crippen molar-refractivity contribution >= 4 is 28.0 Å². The fourth-order valence-corrected chi connectivity index (χ4v) is 4.10. The number of hydrogen-bond acceptors (Lipinski definition) is 4. The van der Waals surface area contributed by atoms with Crippen molar-refractivity contribution in [1.29, 1.82) is 0 Å². The quantitative estimate of drug-likeness (QED) is 0.590. The van der Waals surface area contributed by atoms with Gasteiger partial charge in [0.05, 0.1) is 11.5 Å². The highest BCUT2D eigenvalue weighted by Crippen LogP contribution is 2.24. The second kappa shape index (κ2) is 9.65. The molecule has 0 spiro atoms. The summed E-state index contributed by atoms with van der Waals surface area (Å²) in [5.74, 6) is 0.919. The van der Waals surface area contributed by atoms with E-state index >= 15 is 0 Å². The van der Waals surface area contributed by atoms with Crippen molar-refractivity contribution < 1.29 is 0 Å². The van der Waals surface area contributed by atoms with Crippen molar-refractivity contribution in [2.45, 2.75) is 32.4 Å². The van der Waals surface area contributed by atoms with Crippen molar-refractivity contribution in [2.75, 3.05) is 43.5 Å². The standard InChI is InChI=1S/C21H31N5S/c1-4-22-21(23-16-17-7-5-8-19(15-17)25(2)3)24-18-10-12-26(13-11-18)20-9-6-14-27-20/h5-9,14-15,18H,4,10-13,16H2,1-3H3,(H2,22,23,24). The van der Waals surface area contributed by atoms with Crippen LogP contribution in [0.1, 0.15) is 25.3 Å². The van der Waals surface area contributed by atoms with E-state index in [1.54, 1.807) is 0 Å². The Morgan fingerprint density at radius 3 is 2.70 bits per heavy atom. The molecule has 0 unspecified atom stereocenters. The average molecular weight is 386 g/mol. The molecule has 0 saturated carbocycles. The molecule has 1 aliphatic rings. The van der Waals surface area contributed by atoms with Gasteiger partial charge < -0.3 is 20.4 Å². The number of thiophene rings is 1. The van der Waals surface area contributed by atoms with E-state index in [-0.39, 0.29) is 0 Å². The van der Waals surface area contributed by atoms with Gasteiger partial charge in [-0.3, -0.25) is 0 Å². The van der Waals surface area contributed by atoms with Crippen LogP contribution in [0, 0.1) is 0 Å². The first-order chi connectivity index (χ1) is 13.2. The zero-order chi connectivity index (χ0) is 19.1. The molecule has 2 N–H and O–H groups in total. The minimum Gasteiger partial charge on any atom is -0.378 e. The van der Waals surface area contributed by atoms with E-state index in [1.807, 2.05) is 11.3 Å². The fraction of sp³-hybridized carbons (Fsp3) is 0.476. The van der Waals surface area contributed by atoms with Crippen LogP contribution in [0.2, 0.25) is 0 Å². The van der Waals surface area contributed by atoms with E-state index in [0.29, 0.717) is 12.6 Å². The van der Waals surface area contributed by atoms with Gasteiger partial charge in [-0.05, 0) is 55.0 Å². The third kappa shape index (κ3) is 5.63. The van der Waals surface area contributed by atoms with Gasteiger partial charge in [0.25, 0.3) is 0 Å². The molecule has 27 heavy (non-hydrogen) atoms. The van der Waals surface area contributed by atoms with E-state index in [1.165, 1.54) is 16.3 Å². The van der Waals surface area contributed by atoms with Crippen molar-refractivity contribution in [3.05, 3.63) is 47.3 Å². The Morgan fingerprint density at radius 1 is 1.22 bits per heavy atom.